The van der Waals surface area contributed by atoms with Gasteiger partial charge in [-0.3, -0.25) is 9.48 Å². The second kappa shape index (κ2) is 9.05. The molecule has 1 aromatic carbocycles. The first-order chi connectivity index (χ1) is 13.8. The number of esters is 1. The first-order valence-corrected chi connectivity index (χ1v) is 10.3. The average molecular weight is 412 g/mol. The van der Waals surface area contributed by atoms with Crippen molar-refractivity contribution in [2.45, 2.75) is 33.9 Å². The van der Waals surface area contributed by atoms with Gasteiger partial charge in [-0.1, -0.05) is 29.8 Å². The fourth-order valence-corrected chi connectivity index (χ4v) is 3.73. The molecule has 7 heteroatoms. The van der Waals surface area contributed by atoms with Gasteiger partial charge >= 0.3 is 5.97 Å². The van der Waals surface area contributed by atoms with Crippen LogP contribution in [0.25, 0.3) is 0 Å². The number of amides is 1. The predicted octanol–water partition coefficient (Wildman–Crippen LogP) is 3.73. The summed E-state index contributed by atoms with van der Waals surface area (Å²) in [6, 6.07) is 10.2. The molecule has 0 saturated heterocycles. The third-order valence-electron chi connectivity index (χ3n) is 4.79. The van der Waals surface area contributed by atoms with E-state index < -0.39 is 5.97 Å². The standard InChI is InChI=1S/C22H25N3O3S/c1-15-5-7-18(8-6-15)12-25-17(3)21(16(2)23-25)22(27)28-13-20(26)24(4)11-19-9-10-29-14-19/h5-10,14H,11-13H2,1-4H3. The van der Waals surface area contributed by atoms with Crippen molar-refractivity contribution in [3.05, 3.63) is 74.7 Å². The monoisotopic (exact) mass is 411 g/mol. The number of hydrogen-bond donors (Lipinski definition) is 0. The zero-order valence-electron chi connectivity index (χ0n) is 17.1. The highest BCUT2D eigenvalue weighted by molar-refractivity contribution is 7.07. The quantitative estimate of drug-likeness (QED) is 0.556. The summed E-state index contributed by atoms with van der Waals surface area (Å²) < 4.78 is 7.08. The number of aromatic nitrogens is 2. The third kappa shape index (κ3) is 5.12. The maximum absolute atomic E-state index is 12.6. The SMILES string of the molecule is Cc1ccc(Cn2nc(C)c(C(=O)OCC(=O)N(C)Cc3ccsc3)c2C)cc1. The van der Waals surface area contributed by atoms with Crippen LogP contribution in [0, 0.1) is 20.8 Å². The number of thiophene rings is 1. The van der Waals surface area contributed by atoms with Crippen LogP contribution in [0.15, 0.2) is 41.1 Å². The first kappa shape index (κ1) is 20.8. The van der Waals surface area contributed by atoms with Crippen LogP contribution in [-0.2, 0) is 22.6 Å². The molecule has 1 amide bonds. The summed E-state index contributed by atoms with van der Waals surface area (Å²) in [6.07, 6.45) is 0. The van der Waals surface area contributed by atoms with E-state index in [1.165, 1.54) is 5.56 Å². The van der Waals surface area contributed by atoms with E-state index in [1.807, 2.05) is 42.8 Å². The van der Waals surface area contributed by atoms with Gasteiger partial charge in [-0.25, -0.2) is 4.79 Å². The van der Waals surface area contributed by atoms with Crippen LogP contribution in [0.2, 0.25) is 0 Å². The summed E-state index contributed by atoms with van der Waals surface area (Å²) in [5.74, 6) is -0.764. The van der Waals surface area contributed by atoms with E-state index in [4.69, 9.17) is 4.74 Å². The second-order valence-corrected chi connectivity index (χ2v) is 7.93. The summed E-state index contributed by atoms with van der Waals surface area (Å²) in [5, 5.41) is 8.44. The lowest BCUT2D eigenvalue weighted by Crippen LogP contribution is -2.30. The van der Waals surface area contributed by atoms with Gasteiger partial charge in [-0.15, -0.1) is 0 Å². The molecular formula is C22H25N3O3S. The van der Waals surface area contributed by atoms with E-state index in [0.29, 0.717) is 24.3 Å². The summed E-state index contributed by atoms with van der Waals surface area (Å²) >= 11 is 1.58. The van der Waals surface area contributed by atoms with Gasteiger partial charge in [0, 0.05) is 13.6 Å². The minimum atomic E-state index is -0.521. The molecule has 29 heavy (non-hydrogen) atoms. The van der Waals surface area contributed by atoms with Crippen LogP contribution in [-0.4, -0.2) is 40.2 Å². The molecule has 0 radical (unpaired) electrons. The van der Waals surface area contributed by atoms with Crippen LogP contribution in [0.3, 0.4) is 0 Å². The van der Waals surface area contributed by atoms with Crippen LogP contribution in [0.4, 0.5) is 0 Å². The Morgan fingerprint density at radius 2 is 1.83 bits per heavy atom. The largest absolute Gasteiger partial charge is 0.452 e. The van der Waals surface area contributed by atoms with E-state index in [9.17, 15) is 9.59 Å². The molecule has 0 aliphatic carbocycles. The molecule has 0 spiro atoms. The topological polar surface area (TPSA) is 64.4 Å². The van der Waals surface area contributed by atoms with Crippen molar-refractivity contribution in [2.75, 3.05) is 13.7 Å². The summed E-state index contributed by atoms with van der Waals surface area (Å²) in [5.41, 5.74) is 5.10. The van der Waals surface area contributed by atoms with Crippen LogP contribution >= 0.6 is 11.3 Å². The predicted molar refractivity (Wildman–Crippen MR) is 113 cm³/mol. The number of rotatable bonds is 7. The number of nitrogens with zero attached hydrogens (tertiary/aromatic N) is 3. The number of hydrogen-bond acceptors (Lipinski definition) is 5. The highest BCUT2D eigenvalue weighted by Crippen LogP contribution is 2.17. The Kier molecular flexibility index (Phi) is 6.49. The van der Waals surface area contributed by atoms with E-state index >= 15 is 0 Å². The van der Waals surface area contributed by atoms with Crippen molar-refractivity contribution in [2.24, 2.45) is 0 Å². The van der Waals surface area contributed by atoms with Gasteiger partial charge in [-0.2, -0.15) is 16.4 Å². The van der Waals surface area contributed by atoms with Crippen LogP contribution in [0.1, 0.15) is 38.4 Å². The number of carbonyl (C=O) groups is 2. The first-order valence-electron chi connectivity index (χ1n) is 9.37. The molecule has 0 unspecified atom stereocenters. The van der Waals surface area contributed by atoms with Crippen molar-refractivity contribution in [3.63, 3.8) is 0 Å². The van der Waals surface area contributed by atoms with E-state index in [1.54, 1.807) is 34.9 Å². The zero-order chi connectivity index (χ0) is 21.0. The molecule has 0 atom stereocenters. The third-order valence-corrected chi connectivity index (χ3v) is 5.52. The molecular weight excluding hydrogens is 386 g/mol. The minimum absolute atomic E-state index is 0.244. The van der Waals surface area contributed by atoms with Gasteiger partial charge < -0.3 is 9.64 Å². The molecule has 3 rings (SSSR count). The Morgan fingerprint density at radius 3 is 2.48 bits per heavy atom. The average Bonchev–Trinajstić information content (AvgIpc) is 3.29. The summed E-state index contributed by atoms with van der Waals surface area (Å²) in [6.45, 7) is 6.44. The van der Waals surface area contributed by atoms with Crippen LogP contribution in [0.5, 0.6) is 0 Å². The van der Waals surface area contributed by atoms with Gasteiger partial charge in [0.05, 0.1) is 17.9 Å². The highest BCUT2D eigenvalue weighted by atomic mass is 32.1. The van der Waals surface area contributed by atoms with Gasteiger partial charge in [0.1, 0.15) is 5.56 Å². The maximum Gasteiger partial charge on any atom is 0.342 e. The highest BCUT2D eigenvalue weighted by Gasteiger charge is 2.22. The molecule has 0 aliphatic rings. The lowest BCUT2D eigenvalue weighted by molar-refractivity contribution is -0.133. The van der Waals surface area contributed by atoms with Crippen molar-refractivity contribution >= 4 is 23.2 Å². The van der Waals surface area contributed by atoms with E-state index in [2.05, 4.69) is 17.2 Å². The number of likely N-dealkylation sites (N-methyl/N-ethyl adjacent to an activating group) is 1. The minimum Gasteiger partial charge on any atom is -0.452 e. The number of carbonyl (C=O) groups excluding carboxylic acids is 2. The summed E-state index contributed by atoms with van der Waals surface area (Å²) in [4.78, 5) is 26.4. The normalized spacial score (nSPS) is 10.8. The van der Waals surface area contributed by atoms with Crippen molar-refractivity contribution in [1.82, 2.24) is 14.7 Å². The molecule has 0 N–H and O–H groups in total. The van der Waals surface area contributed by atoms with Crippen LogP contribution < -0.4 is 0 Å². The maximum atomic E-state index is 12.6. The molecule has 0 saturated carbocycles. The Morgan fingerprint density at radius 1 is 1.10 bits per heavy atom. The molecule has 0 aliphatic heterocycles. The summed E-state index contributed by atoms with van der Waals surface area (Å²) in [7, 11) is 1.70. The molecule has 3 aromatic rings. The van der Waals surface area contributed by atoms with Crippen molar-refractivity contribution < 1.29 is 14.3 Å². The zero-order valence-corrected chi connectivity index (χ0v) is 18.0. The van der Waals surface area contributed by atoms with Crippen molar-refractivity contribution in [1.29, 1.82) is 0 Å². The van der Waals surface area contributed by atoms with E-state index in [-0.39, 0.29) is 12.5 Å². The fourth-order valence-electron chi connectivity index (χ4n) is 3.07. The number of benzene rings is 1. The Hall–Kier alpha value is -2.93. The fraction of sp³-hybridized carbons (Fsp3) is 0.318. The van der Waals surface area contributed by atoms with Gasteiger partial charge in [-0.05, 0) is 48.7 Å². The number of aryl methyl sites for hydroxylation is 2. The van der Waals surface area contributed by atoms with Gasteiger partial charge in [0.2, 0.25) is 0 Å². The molecule has 152 valence electrons. The molecule has 6 nitrogen and oxygen atoms in total. The lowest BCUT2D eigenvalue weighted by Gasteiger charge is -2.16. The molecule has 2 aromatic heterocycles. The Balaban J connectivity index is 1.62. The Labute approximate surface area is 174 Å². The lowest BCUT2D eigenvalue weighted by atomic mass is 10.1. The second-order valence-electron chi connectivity index (χ2n) is 7.15. The molecule has 0 fully saturated rings. The Bertz CT molecular complexity index is 991. The molecule has 0 bridgehead atoms. The van der Waals surface area contributed by atoms with Gasteiger partial charge in [0.15, 0.2) is 6.61 Å². The number of ether oxygens (including phenoxy) is 1. The van der Waals surface area contributed by atoms with Crippen molar-refractivity contribution in [3.8, 4) is 0 Å². The van der Waals surface area contributed by atoms with Gasteiger partial charge in [0.25, 0.3) is 5.91 Å². The van der Waals surface area contributed by atoms with E-state index in [0.717, 1.165) is 16.8 Å². The smallest absolute Gasteiger partial charge is 0.342 e. The molecule has 2 heterocycles.